The van der Waals surface area contributed by atoms with Crippen molar-refractivity contribution in [3.8, 4) is 0 Å². The topological polar surface area (TPSA) is 120 Å². The second-order valence-corrected chi connectivity index (χ2v) is 13.0. The van der Waals surface area contributed by atoms with Crippen LogP contribution in [0.25, 0.3) is 0 Å². The number of aromatic nitrogens is 2. The summed E-state index contributed by atoms with van der Waals surface area (Å²) in [6, 6.07) is 4.87. The fourth-order valence-electron chi connectivity index (χ4n) is 8.57. The first-order valence-electron chi connectivity index (χ1n) is 13.8. The number of ketones is 2. The fraction of sp³-hybridized carbons (Fsp3) is 0.567. The number of thioether (sulfide) groups is 1. The molecule has 6 rings (SSSR count). The number of carbonyl (C=O) groups excluding carboxylic acids is 3. The molecule has 3 saturated carbocycles. The largest absolute Gasteiger partial charge is 0.457 e. The van der Waals surface area contributed by atoms with Gasteiger partial charge in [-0.05, 0) is 86.0 Å². The zero-order valence-corrected chi connectivity index (χ0v) is 23.1. The van der Waals surface area contributed by atoms with Crippen molar-refractivity contribution < 1.29 is 28.6 Å². The SMILES string of the molecule is C[C@]12CCC(=O)C=C1CC[C@@H]1[C@@H]2[C@@H](O)C[C@@]2(C)[C@H]1CC[C@]2(OC(=O)c1ccco1)C(=O)CSc1ncccn1. The number of hydrogen-bond donors (Lipinski definition) is 1. The monoisotopic (exact) mass is 550 g/mol. The molecule has 2 aromatic heterocycles. The summed E-state index contributed by atoms with van der Waals surface area (Å²) in [5.74, 6) is -0.331. The van der Waals surface area contributed by atoms with E-state index >= 15 is 0 Å². The predicted molar refractivity (Wildman–Crippen MR) is 143 cm³/mol. The smallest absolute Gasteiger partial charge is 0.375 e. The van der Waals surface area contributed by atoms with Crippen molar-refractivity contribution in [2.75, 3.05) is 5.75 Å². The standard InChI is InChI=1S/C30H34N2O6S/c1-28-10-8-19(33)15-18(28)6-7-20-21-9-11-30(29(21,2)16-22(34)25(20)28,38-26(36)23-5-3-14-37-23)24(35)17-39-27-31-12-4-13-32-27/h3-5,12-15,20-22,25,34H,6-11,16-17H2,1-2H3/t20-,21-,22-,25+,28-,29-,30-/m0/s1. The molecule has 0 bridgehead atoms. The minimum absolute atomic E-state index is 0.00226. The van der Waals surface area contributed by atoms with Gasteiger partial charge in [0.1, 0.15) is 0 Å². The number of aliphatic hydroxyl groups excluding tert-OH is 1. The van der Waals surface area contributed by atoms with Gasteiger partial charge in [0.05, 0.1) is 18.1 Å². The van der Waals surface area contributed by atoms with Crippen molar-refractivity contribution in [3.63, 3.8) is 0 Å². The van der Waals surface area contributed by atoms with Crippen molar-refractivity contribution in [2.24, 2.45) is 28.6 Å². The van der Waals surface area contributed by atoms with Crippen LogP contribution in [0.2, 0.25) is 0 Å². The van der Waals surface area contributed by atoms with E-state index in [4.69, 9.17) is 9.15 Å². The van der Waals surface area contributed by atoms with Gasteiger partial charge in [-0.3, -0.25) is 9.59 Å². The Kier molecular flexibility index (Phi) is 6.57. The third-order valence-electron chi connectivity index (χ3n) is 10.3. The lowest BCUT2D eigenvalue weighted by atomic mass is 9.45. The van der Waals surface area contributed by atoms with Gasteiger partial charge in [-0.2, -0.15) is 0 Å². The van der Waals surface area contributed by atoms with Crippen LogP contribution < -0.4 is 0 Å². The molecule has 39 heavy (non-hydrogen) atoms. The second-order valence-electron chi connectivity index (χ2n) is 12.1. The summed E-state index contributed by atoms with van der Waals surface area (Å²) in [5, 5.41) is 12.3. The highest BCUT2D eigenvalue weighted by atomic mass is 32.2. The minimum Gasteiger partial charge on any atom is -0.457 e. The first kappa shape index (κ1) is 26.4. The molecule has 0 aromatic carbocycles. The van der Waals surface area contributed by atoms with E-state index in [1.54, 1.807) is 24.5 Å². The first-order chi connectivity index (χ1) is 18.7. The zero-order valence-electron chi connectivity index (χ0n) is 22.3. The molecule has 0 spiro atoms. The van der Waals surface area contributed by atoms with E-state index in [0.717, 1.165) is 31.3 Å². The Hall–Kier alpha value is -2.78. The van der Waals surface area contributed by atoms with Crippen LogP contribution in [0.15, 0.2) is 58.1 Å². The Morgan fingerprint density at radius 2 is 1.95 bits per heavy atom. The van der Waals surface area contributed by atoms with Gasteiger partial charge >= 0.3 is 5.97 Å². The van der Waals surface area contributed by atoms with Crippen LogP contribution in [-0.2, 0) is 14.3 Å². The lowest BCUT2D eigenvalue weighted by Crippen LogP contribution is -2.63. The molecule has 0 amide bonds. The molecule has 4 aliphatic carbocycles. The summed E-state index contributed by atoms with van der Waals surface area (Å²) in [4.78, 5) is 48.1. The number of rotatable bonds is 6. The van der Waals surface area contributed by atoms with Crippen molar-refractivity contribution in [2.45, 2.75) is 75.7 Å². The van der Waals surface area contributed by atoms with E-state index in [1.807, 2.05) is 13.0 Å². The molecule has 9 heteroatoms. The van der Waals surface area contributed by atoms with Gasteiger partial charge < -0.3 is 14.3 Å². The Morgan fingerprint density at radius 3 is 2.69 bits per heavy atom. The molecular weight excluding hydrogens is 516 g/mol. The number of Topliss-reactive ketones (excluding diaryl/α,β-unsaturated/α-hetero) is 1. The van der Waals surface area contributed by atoms with Crippen molar-refractivity contribution in [1.29, 1.82) is 0 Å². The molecule has 8 nitrogen and oxygen atoms in total. The summed E-state index contributed by atoms with van der Waals surface area (Å²) < 4.78 is 11.6. The molecule has 3 fully saturated rings. The maximum atomic E-state index is 14.2. The Labute approximate surface area is 232 Å². The Morgan fingerprint density at radius 1 is 1.15 bits per heavy atom. The number of allylic oxidation sites excluding steroid dienone is 1. The van der Waals surface area contributed by atoms with Gasteiger partial charge in [0.15, 0.2) is 22.3 Å². The van der Waals surface area contributed by atoms with Crippen LogP contribution in [0.1, 0.15) is 69.3 Å². The van der Waals surface area contributed by atoms with Gasteiger partial charge in [0.2, 0.25) is 5.76 Å². The molecule has 0 radical (unpaired) electrons. The van der Waals surface area contributed by atoms with E-state index in [9.17, 15) is 19.5 Å². The normalized spacial score (nSPS) is 37.3. The quantitative estimate of drug-likeness (QED) is 0.306. The molecule has 1 N–H and O–H groups in total. The van der Waals surface area contributed by atoms with E-state index in [1.165, 1.54) is 24.1 Å². The van der Waals surface area contributed by atoms with Gasteiger partial charge in [-0.1, -0.05) is 31.2 Å². The highest BCUT2D eigenvalue weighted by Crippen LogP contribution is 2.68. The molecule has 0 aliphatic heterocycles. The summed E-state index contributed by atoms with van der Waals surface area (Å²) in [6.07, 6.45) is 10.2. The summed E-state index contributed by atoms with van der Waals surface area (Å²) >= 11 is 1.23. The third-order valence-corrected chi connectivity index (χ3v) is 11.2. The van der Waals surface area contributed by atoms with Gasteiger partial charge in [-0.15, -0.1) is 0 Å². The lowest BCUT2D eigenvalue weighted by Gasteiger charge is -2.60. The number of hydrogen-bond acceptors (Lipinski definition) is 9. The van der Waals surface area contributed by atoms with Crippen LogP contribution in [0.4, 0.5) is 0 Å². The number of esters is 1. The van der Waals surface area contributed by atoms with E-state index in [2.05, 4.69) is 16.9 Å². The average molecular weight is 551 g/mol. The number of carbonyl (C=O) groups is 3. The molecule has 4 aliphatic rings. The Bertz CT molecular complexity index is 1310. The zero-order chi connectivity index (χ0) is 27.4. The number of nitrogens with zero attached hydrogens (tertiary/aromatic N) is 2. The fourth-order valence-corrected chi connectivity index (χ4v) is 9.33. The first-order valence-corrected chi connectivity index (χ1v) is 14.8. The molecule has 0 saturated heterocycles. The summed E-state index contributed by atoms with van der Waals surface area (Å²) in [5.41, 5.74) is -1.24. The van der Waals surface area contributed by atoms with Crippen molar-refractivity contribution in [3.05, 3.63) is 54.3 Å². The lowest BCUT2D eigenvalue weighted by molar-refractivity contribution is -0.180. The number of ether oxygens (including phenoxy) is 1. The van der Waals surface area contributed by atoms with Crippen molar-refractivity contribution >= 4 is 29.3 Å². The van der Waals surface area contributed by atoms with Crippen LogP contribution >= 0.6 is 11.8 Å². The van der Waals surface area contributed by atoms with Crippen LogP contribution in [-0.4, -0.2) is 50.1 Å². The molecular formula is C30H34N2O6S. The molecule has 0 unspecified atom stereocenters. The van der Waals surface area contributed by atoms with Gasteiger partial charge in [0, 0.05) is 24.2 Å². The molecule has 7 atom stereocenters. The minimum atomic E-state index is -1.41. The second kappa shape index (κ2) is 9.70. The number of aliphatic hydroxyl groups is 1. The van der Waals surface area contributed by atoms with Crippen molar-refractivity contribution in [1.82, 2.24) is 9.97 Å². The maximum absolute atomic E-state index is 14.2. The predicted octanol–water partition coefficient (Wildman–Crippen LogP) is 4.83. The summed E-state index contributed by atoms with van der Waals surface area (Å²) in [6.45, 7) is 4.23. The number of fused-ring (bicyclic) bond motifs is 5. The Balaban J connectivity index is 1.35. The van der Waals surface area contributed by atoms with E-state index in [-0.39, 0.29) is 46.2 Å². The number of furan rings is 1. The molecule has 2 heterocycles. The summed E-state index contributed by atoms with van der Waals surface area (Å²) in [7, 11) is 0. The highest BCUT2D eigenvalue weighted by Gasteiger charge is 2.70. The third kappa shape index (κ3) is 4.11. The maximum Gasteiger partial charge on any atom is 0.375 e. The van der Waals surface area contributed by atoms with Crippen LogP contribution in [0.3, 0.4) is 0 Å². The van der Waals surface area contributed by atoms with E-state index in [0.29, 0.717) is 24.4 Å². The molecule has 206 valence electrons. The van der Waals surface area contributed by atoms with E-state index < -0.39 is 23.1 Å². The average Bonchev–Trinajstić information content (AvgIpc) is 3.55. The van der Waals surface area contributed by atoms with Crippen LogP contribution in [0.5, 0.6) is 0 Å². The van der Waals surface area contributed by atoms with Gasteiger partial charge in [0.25, 0.3) is 0 Å². The van der Waals surface area contributed by atoms with Gasteiger partial charge in [-0.25, -0.2) is 14.8 Å². The highest BCUT2D eigenvalue weighted by molar-refractivity contribution is 7.99. The van der Waals surface area contributed by atoms with Crippen LogP contribution in [0, 0.1) is 28.6 Å². The molecule has 2 aromatic rings.